The molecule has 0 saturated carbocycles. The van der Waals surface area contributed by atoms with Crippen LogP contribution in [0, 0.1) is 6.92 Å². The zero-order valence-corrected chi connectivity index (χ0v) is 11.3. The molecule has 1 aromatic carbocycles. The van der Waals surface area contributed by atoms with Gasteiger partial charge in [0.1, 0.15) is 23.8 Å². The van der Waals surface area contributed by atoms with E-state index in [2.05, 4.69) is 9.97 Å². The number of hydrogen-bond donors (Lipinski definition) is 1. The van der Waals surface area contributed by atoms with Crippen LogP contribution in [-0.4, -0.2) is 15.9 Å². The number of aromatic amines is 1. The highest BCUT2D eigenvalue weighted by Crippen LogP contribution is 2.11. The third-order valence-electron chi connectivity index (χ3n) is 3.08. The van der Waals surface area contributed by atoms with E-state index in [0.717, 1.165) is 0 Å². The lowest BCUT2D eigenvalue weighted by atomic mass is 10.2. The Balaban J connectivity index is 1.81. The number of carbonyl (C=O) groups excluding carboxylic acids is 1. The predicted octanol–water partition coefficient (Wildman–Crippen LogP) is 2.18. The third-order valence-corrected chi connectivity index (χ3v) is 3.08. The van der Waals surface area contributed by atoms with Gasteiger partial charge in [0, 0.05) is 0 Å². The highest BCUT2D eigenvalue weighted by Gasteiger charge is 2.13. The summed E-state index contributed by atoms with van der Waals surface area (Å²) in [6.07, 6.45) is 1.42. The van der Waals surface area contributed by atoms with Gasteiger partial charge >= 0.3 is 5.97 Å². The summed E-state index contributed by atoms with van der Waals surface area (Å²) in [5.41, 5.74) is 0.663. The van der Waals surface area contributed by atoms with Crippen LogP contribution < -0.4 is 5.56 Å². The molecule has 6 nitrogen and oxygen atoms in total. The molecule has 0 aliphatic rings. The molecule has 106 valence electrons. The number of ether oxygens (including phenoxy) is 1. The summed E-state index contributed by atoms with van der Waals surface area (Å²) < 4.78 is 10.2. The van der Waals surface area contributed by atoms with Crippen molar-refractivity contribution in [1.29, 1.82) is 0 Å². The van der Waals surface area contributed by atoms with Crippen LogP contribution in [0.5, 0.6) is 0 Å². The summed E-state index contributed by atoms with van der Waals surface area (Å²) >= 11 is 0. The van der Waals surface area contributed by atoms with Crippen molar-refractivity contribution >= 4 is 16.9 Å². The zero-order valence-electron chi connectivity index (χ0n) is 11.3. The van der Waals surface area contributed by atoms with Gasteiger partial charge < -0.3 is 14.1 Å². The Morgan fingerprint density at radius 3 is 2.90 bits per heavy atom. The quantitative estimate of drug-likeness (QED) is 0.745. The molecule has 6 heteroatoms. The van der Waals surface area contributed by atoms with E-state index in [0.29, 0.717) is 28.1 Å². The van der Waals surface area contributed by atoms with Crippen molar-refractivity contribution in [2.45, 2.75) is 13.5 Å². The Kier molecular flexibility index (Phi) is 3.27. The number of para-hydroxylation sites is 1. The Hall–Kier alpha value is -2.89. The minimum atomic E-state index is -0.517. The van der Waals surface area contributed by atoms with Crippen molar-refractivity contribution in [3.05, 3.63) is 64.1 Å². The van der Waals surface area contributed by atoms with Crippen LogP contribution in [0.15, 0.2) is 45.8 Å². The van der Waals surface area contributed by atoms with Crippen LogP contribution in [0.1, 0.15) is 21.9 Å². The van der Waals surface area contributed by atoms with Gasteiger partial charge in [0.15, 0.2) is 0 Å². The van der Waals surface area contributed by atoms with E-state index in [-0.39, 0.29) is 12.2 Å². The lowest BCUT2D eigenvalue weighted by molar-refractivity contribution is 0.0460. The highest BCUT2D eigenvalue weighted by molar-refractivity contribution is 5.90. The zero-order chi connectivity index (χ0) is 14.8. The van der Waals surface area contributed by atoms with Crippen LogP contribution in [0.3, 0.4) is 0 Å². The van der Waals surface area contributed by atoms with Gasteiger partial charge in [-0.25, -0.2) is 9.78 Å². The standard InChI is InChI=1S/C15H12N2O4/c1-9-10(6-7-20-9)15(19)21-8-13-16-12-5-3-2-4-11(12)14(18)17-13/h2-7H,8H2,1H3,(H,16,17,18). The van der Waals surface area contributed by atoms with Crippen molar-refractivity contribution in [3.63, 3.8) is 0 Å². The second-order valence-corrected chi connectivity index (χ2v) is 4.50. The number of aromatic nitrogens is 2. The number of nitrogens with zero attached hydrogens (tertiary/aromatic N) is 1. The number of H-pyrrole nitrogens is 1. The first-order chi connectivity index (χ1) is 10.1. The molecule has 0 amide bonds. The molecule has 3 rings (SSSR count). The number of rotatable bonds is 3. The van der Waals surface area contributed by atoms with E-state index in [9.17, 15) is 9.59 Å². The molecular formula is C15H12N2O4. The number of furan rings is 1. The molecule has 0 spiro atoms. The van der Waals surface area contributed by atoms with Crippen molar-refractivity contribution in [3.8, 4) is 0 Å². The molecule has 0 bridgehead atoms. The summed E-state index contributed by atoms with van der Waals surface area (Å²) in [5, 5.41) is 0.498. The summed E-state index contributed by atoms with van der Waals surface area (Å²) in [4.78, 5) is 30.6. The normalized spacial score (nSPS) is 10.7. The fourth-order valence-corrected chi connectivity index (χ4v) is 2.01. The molecule has 3 aromatic rings. The maximum absolute atomic E-state index is 11.9. The summed E-state index contributed by atoms with van der Waals surface area (Å²) in [5.74, 6) is 0.269. The van der Waals surface area contributed by atoms with Crippen LogP contribution in [0.2, 0.25) is 0 Å². The molecular weight excluding hydrogens is 272 g/mol. The number of benzene rings is 1. The topological polar surface area (TPSA) is 85.2 Å². The Morgan fingerprint density at radius 1 is 1.33 bits per heavy atom. The molecule has 0 saturated heterocycles. The van der Waals surface area contributed by atoms with Gasteiger partial charge in [-0.15, -0.1) is 0 Å². The fourth-order valence-electron chi connectivity index (χ4n) is 2.01. The Labute approximate surface area is 119 Å². The first kappa shape index (κ1) is 13.1. The fraction of sp³-hybridized carbons (Fsp3) is 0.133. The first-order valence-electron chi connectivity index (χ1n) is 6.34. The second kappa shape index (κ2) is 5.24. The third kappa shape index (κ3) is 2.55. The van der Waals surface area contributed by atoms with Crippen LogP contribution in [-0.2, 0) is 11.3 Å². The lowest BCUT2D eigenvalue weighted by Crippen LogP contribution is -2.14. The molecule has 0 fully saturated rings. The predicted molar refractivity (Wildman–Crippen MR) is 74.9 cm³/mol. The maximum Gasteiger partial charge on any atom is 0.342 e. The minimum absolute atomic E-state index is 0.108. The smallest absolute Gasteiger partial charge is 0.342 e. The van der Waals surface area contributed by atoms with E-state index in [1.54, 1.807) is 31.2 Å². The second-order valence-electron chi connectivity index (χ2n) is 4.50. The largest absolute Gasteiger partial charge is 0.469 e. The van der Waals surface area contributed by atoms with Gasteiger partial charge in [0.2, 0.25) is 0 Å². The first-order valence-corrected chi connectivity index (χ1v) is 6.34. The average molecular weight is 284 g/mol. The van der Waals surface area contributed by atoms with E-state index in [1.165, 1.54) is 12.3 Å². The van der Waals surface area contributed by atoms with Crippen molar-refractivity contribution < 1.29 is 13.9 Å². The SMILES string of the molecule is Cc1occc1C(=O)OCc1nc2ccccc2c(=O)[nH]1. The molecule has 2 aromatic heterocycles. The van der Waals surface area contributed by atoms with Gasteiger partial charge in [-0.05, 0) is 25.1 Å². The van der Waals surface area contributed by atoms with Crippen LogP contribution in [0.25, 0.3) is 10.9 Å². The summed E-state index contributed by atoms with van der Waals surface area (Å²) in [6.45, 7) is 1.57. The molecule has 0 atom stereocenters. The van der Waals surface area contributed by atoms with Gasteiger partial charge in [-0.2, -0.15) is 0 Å². The van der Waals surface area contributed by atoms with E-state index in [1.807, 2.05) is 0 Å². The molecule has 2 heterocycles. The molecule has 21 heavy (non-hydrogen) atoms. The number of hydrogen-bond acceptors (Lipinski definition) is 5. The van der Waals surface area contributed by atoms with Crippen LogP contribution >= 0.6 is 0 Å². The molecule has 0 aliphatic carbocycles. The number of carbonyl (C=O) groups is 1. The molecule has 0 unspecified atom stereocenters. The summed E-state index contributed by atoms with van der Waals surface area (Å²) in [7, 11) is 0. The highest BCUT2D eigenvalue weighted by atomic mass is 16.5. The van der Waals surface area contributed by atoms with Crippen molar-refractivity contribution in [1.82, 2.24) is 9.97 Å². The van der Waals surface area contributed by atoms with Crippen LogP contribution in [0.4, 0.5) is 0 Å². The molecule has 1 N–H and O–H groups in total. The minimum Gasteiger partial charge on any atom is -0.469 e. The lowest BCUT2D eigenvalue weighted by Gasteiger charge is -2.04. The van der Waals surface area contributed by atoms with Crippen molar-refractivity contribution in [2.75, 3.05) is 0 Å². The van der Waals surface area contributed by atoms with Gasteiger partial charge in [-0.3, -0.25) is 4.79 Å². The van der Waals surface area contributed by atoms with Gasteiger partial charge in [0.25, 0.3) is 5.56 Å². The Bertz CT molecular complexity index is 863. The number of esters is 1. The van der Waals surface area contributed by atoms with E-state index < -0.39 is 5.97 Å². The average Bonchev–Trinajstić information content (AvgIpc) is 2.91. The number of aryl methyl sites for hydroxylation is 1. The summed E-state index contributed by atoms with van der Waals surface area (Å²) in [6, 6.07) is 8.51. The van der Waals surface area contributed by atoms with Crippen molar-refractivity contribution in [2.24, 2.45) is 0 Å². The molecule has 0 radical (unpaired) electrons. The Morgan fingerprint density at radius 2 is 2.14 bits per heavy atom. The maximum atomic E-state index is 11.9. The van der Waals surface area contributed by atoms with E-state index >= 15 is 0 Å². The van der Waals surface area contributed by atoms with Gasteiger partial charge in [-0.1, -0.05) is 12.1 Å². The van der Waals surface area contributed by atoms with Gasteiger partial charge in [0.05, 0.1) is 17.2 Å². The monoisotopic (exact) mass is 284 g/mol. The number of fused-ring (bicyclic) bond motifs is 1. The number of nitrogens with one attached hydrogen (secondary N) is 1. The van der Waals surface area contributed by atoms with E-state index in [4.69, 9.17) is 9.15 Å². The molecule has 0 aliphatic heterocycles.